The molecule has 0 unspecified atom stereocenters. The minimum Gasteiger partial charge on any atom is -0.256 e. The second-order valence-corrected chi connectivity index (χ2v) is 4.24. The highest BCUT2D eigenvalue weighted by molar-refractivity contribution is 5.82. The number of aromatic nitrogens is 1. The van der Waals surface area contributed by atoms with Gasteiger partial charge in [0.05, 0.1) is 5.69 Å². The van der Waals surface area contributed by atoms with E-state index in [2.05, 4.69) is 4.98 Å². The lowest BCUT2D eigenvalue weighted by molar-refractivity contribution is 0.631. The van der Waals surface area contributed by atoms with Crippen molar-refractivity contribution in [2.45, 2.75) is 0 Å². The van der Waals surface area contributed by atoms with Crippen LogP contribution in [0.25, 0.3) is 22.4 Å². The van der Waals surface area contributed by atoms with E-state index in [9.17, 15) is 4.39 Å². The van der Waals surface area contributed by atoms with Crippen molar-refractivity contribution < 1.29 is 4.39 Å². The van der Waals surface area contributed by atoms with Gasteiger partial charge >= 0.3 is 0 Å². The fourth-order valence-electron chi connectivity index (χ4n) is 2.16. The zero-order valence-electron chi connectivity index (χ0n) is 10.3. The predicted octanol–water partition coefficient (Wildman–Crippen LogP) is 4.55. The third kappa shape index (κ3) is 2.25. The molecule has 0 spiro atoms. The number of hydrogen-bond acceptors (Lipinski definition) is 1. The molecule has 2 aromatic carbocycles. The first kappa shape index (κ1) is 11.6. The third-order valence-electron chi connectivity index (χ3n) is 3.02. The van der Waals surface area contributed by atoms with Crippen LogP contribution in [-0.4, -0.2) is 4.98 Å². The second kappa shape index (κ2) is 5.02. The number of halogens is 1. The quantitative estimate of drug-likeness (QED) is 0.649. The van der Waals surface area contributed by atoms with Gasteiger partial charge in [-0.1, -0.05) is 48.5 Å². The van der Waals surface area contributed by atoms with Gasteiger partial charge in [0, 0.05) is 17.3 Å². The predicted molar refractivity (Wildman–Crippen MR) is 75.1 cm³/mol. The Bertz CT molecular complexity index is 678. The van der Waals surface area contributed by atoms with E-state index >= 15 is 0 Å². The van der Waals surface area contributed by atoms with Crippen LogP contribution in [0.1, 0.15) is 0 Å². The van der Waals surface area contributed by atoms with Gasteiger partial charge in [-0.25, -0.2) is 4.39 Å². The molecule has 3 aromatic rings. The van der Waals surface area contributed by atoms with Crippen LogP contribution in [-0.2, 0) is 0 Å². The molecular weight excluding hydrogens is 237 g/mol. The molecule has 0 radical (unpaired) electrons. The first-order valence-electron chi connectivity index (χ1n) is 6.11. The van der Waals surface area contributed by atoms with Crippen molar-refractivity contribution in [3.8, 4) is 22.4 Å². The lowest BCUT2D eigenvalue weighted by Crippen LogP contribution is -1.91. The minimum absolute atomic E-state index is 0.227. The normalized spacial score (nSPS) is 10.4. The van der Waals surface area contributed by atoms with Gasteiger partial charge in [-0.05, 0) is 23.8 Å². The van der Waals surface area contributed by atoms with E-state index < -0.39 is 0 Å². The molecule has 0 saturated heterocycles. The summed E-state index contributed by atoms with van der Waals surface area (Å²) in [5, 5.41) is 0. The molecule has 0 atom stereocenters. The number of benzene rings is 2. The van der Waals surface area contributed by atoms with E-state index in [1.807, 2.05) is 54.6 Å². The number of hydrogen-bond donors (Lipinski definition) is 0. The summed E-state index contributed by atoms with van der Waals surface area (Å²) in [5.74, 6) is -0.227. The molecule has 0 amide bonds. The Morgan fingerprint density at radius 2 is 1.53 bits per heavy atom. The SMILES string of the molecule is Fc1cccc(-c2ccccn2)c1-c1ccccc1. The fourth-order valence-corrected chi connectivity index (χ4v) is 2.16. The Morgan fingerprint density at radius 1 is 0.737 bits per heavy atom. The maximum Gasteiger partial charge on any atom is 0.131 e. The minimum atomic E-state index is -0.227. The van der Waals surface area contributed by atoms with Crippen molar-refractivity contribution >= 4 is 0 Å². The Morgan fingerprint density at radius 3 is 2.26 bits per heavy atom. The molecule has 0 N–H and O–H groups in total. The highest BCUT2D eigenvalue weighted by Crippen LogP contribution is 2.32. The maximum absolute atomic E-state index is 14.2. The van der Waals surface area contributed by atoms with Gasteiger partial charge in [-0.3, -0.25) is 4.98 Å². The molecule has 19 heavy (non-hydrogen) atoms. The largest absolute Gasteiger partial charge is 0.256 e. The molecule has 0 bridgehead atoms. The van der Waals surface area contributed by atoms with Crippen LogP contribution in [0.2, 0.25) is 0 Å². The van der Waals surface area contributed by atoms with Gasteiger partial charge in [0.15, 0.2) is 0 Å². The van der Waals surface area contributed by atoms with Crippen LogP contribution in [0.5, 0.6) is 0 Å². The number of nitrogens with zero attached hydrogens (tertiary/aromatic N) is 1. The monoisotopic (exact) mass is 249 g/mol. The summed E-state index contributed by atoms with van der Waals surface area (Å²) in [4.78, 5) is 4.31. The smallest absolute Gasteiger partial charge is 0.131 e. The number of rotatable bonds is 2. The van der Waals surface area contributed by atoms with E-state index in [0.717, 1.165) is 16.8 Å². The van der Waals surface area contributed by atoms with E-state index in [1.54, 1.807) is 12.3 Å². The van der Waals surface area contributed by atoms with Gasteiger partial charge in [0.25, 0.3) is 0 Å². The molecule has 92 valence electrons. The Hall–Kier alpha value is -2.48. The molecule has 0 aliphatic rings. The van der Waals surface area contributed by atoms with Crippen molar-refractivity contribution in [3.05, 3.63) is 78.7 Å². The Labute approximate surface area is 111 Å². The van der Waals surface area contributed by atoms with E-state index in [1.165, 1.54) is 6.07 Å². The molecule has 3 rings (SSSR count). The fraction of sp³-hybridized carbons (Fsp3) is 0. The molecule has 1 aromatic heterocycles. The average molecular weight is 249 g/mol. The maximum atomic E-state index is 14.2. The second-order valence-electron chi connectivity index (χ2n) is 4.24. The summed E-state index contributed by atoms with van der Waals surface area (Å²) >= 11 is 0. The lowest BCUT2D eigenvalue weighted by atomic mass is 9.97. The highest BCUT2D eigenvalue weighted by Gasteiger charge is 2.12. The van der Waals surface area contributed by atoms with Crippen LogP contribution in [0.4, 0.5) is 4.39 Å². The molecule has 1 nitrogen and oxygen atoms in total. The summed E-state index contributed by atoms with van der Waals surface area (Å²) in [7, 11) is 0. The topological polar surface area (TPSA) is 12.9 Å². The van der Waals surface area contributed by atoms with E-state index in [4.69, 9.17) is 0 Å². The van der Waals surface area contributed by atoms with Crippen molar-refractivity contribution in [1.29, 1.82) is 0 Å². The Kier molecular flexibility index (Phi) is 3.07. The van der Waals surface area contributed by atoms with Crippen LogP contribution in [0.3, 0.4) is 0 Å². The van der Waals surface area contributed by atoms with Gasteiger partial charge in [0.1, 0.15) is 5.82 Å². The van der Waals surface area contributed by atoms with Crippen LogP contribution < -0.4 is 0 Å². The average Bonchev–Trinajstić information content (AvgIpc) is 2.49. The Balaban J connectivity index is 2.25. The van der Waals surface area contributed by atoms with Crippen molar-refractivity contribution in [1.82, 2.24) is 4.98 Å². The standard InChI is InChI=1S/C17H12FN/c18-15-10-6-9-14(16-11-4-5-12-19-16)17(15)13-7-2-1-3-8-13/h1-12H. The van der Waals surface area contributed by atoms with Crippen LogP contribution in [0, 0.1) is 5.82 Å². The van der Waals surface area contributed by atoms with Crippen LogP contribution in [0.15, 0.2) is 72.9 Å². The molecule has 0 aliphatic carbocycles. The third-order valence-corrected chi connectivity index (χ3v) is 3.02. The molecule has 0 aliphatic heterocycles. The first-order valence-corrected chi connectivity index (χ1v) is 6.11. The van der Waals surface area contributed by atoms with Crippen LogP contribution >= 0.6 is 0 Å². The molecular formula is C17H12FN. The number of pyridine rings is 1. The van der Waals surface area contributed by atoms with Crippen molar-refractivity contribution in [3.63, 3.8) is 0 Å². The van der Waals surface area contributed by atoms with Gasteiger partial charge in [0.2, 0.25) is 0 Å². The van der Waals surface area contributed by atoms with Crippen molar-refractivity contribution in [2.75, 3.05) is 0 Å². The zero-order valence-corrected chi connectivity index (χ0v) is 10.3. The van der Waals surface area contributed by atoms with E-state index in [-0.39, 0.29) is 5.82 Å². The van der Waals surface area contributed by atoms with Gasteiger partial charge < -0.3 is 0 Å². The summed E-state index contributed by atoms with van der Waals surface area (Å²) in [5.41, 5.74) is 3.05. The molecule has 1 heterocycles. The van der Waals surface area contributed by atoms with Gasteiger partial charge in [-0.15, -0.1) is 0 Å². The summed E-state index contributed by atoms with van der Waals surface area (Å²) in [6.45, 7) is 0. The van der Waals surface area contributed by atoms with E-state index in [0.29, 0.717) is 5.56 Å². The van der Waals surface area contributed by atoms with Gasteiger partial charge in [-0.2, -0.15) is 0 Å². The summed E-state index contributed by atoms with van der Waals surface area (Å²) in [6, 6.07) is 20.3. The highest BCUT2D eigenvalue weighted by atomic mass is 19.1. The summed E-state index contributed by atoms with van der Waals surface area (Å²) in [6.07, 6.45) is 1.72. The first-order chi connectivity index (χ1) is 9.36. The lowest BCUT2D eigenvalue weighted by Gasteiger charge is -2.10. The molecule has 0 fully saturated rings. The molecule has 2 heteroatoms. The summed E-state index contributed by atoms with van der Waals surface area (Å²) < 4.78 is 14.2. The van der Waals surface area contributed by atoms with Crippen molar-refractivity contribution in [2.24, 2.45) is 0 Å². The zero-order chi connectivity index (χ0) is 13.1. The molecule has 0 saturated carbocycles.